The number of hydrogen-bond acceptors (Lipinski definition) is 7. The van der Waals surface area contributed by atoms with Gasteiger partial charge in [-0.05, 0) is 44.5 Å². The molecule has 4 aromatic rings. The second kappa shape index (κ2) is 8.22. The van der Waals surface area contributed by atoms with Gasteiger partial charge in [0.1, 0.15) is 5.76 Å². The molecule has 0 unspecified atom stereocenters. The molecule has 3 aromatic heterocycles. The van der Waals surface area contributed by atoms with Crippen LogP contribution < -0.4 is 5.32 Å². The van der Waals surface area contributed by atoms with E-state index in [2.05, 4.69) is 26.6 Å². The first-order valence-corrected chi connectivity index (χ1v) is 10.8. The quantitative estimate of drug-likeness (QED) is 0.453. The van der Waals surface area contributed by atoms with Gasteiger partial charge in [-0.3, -0.25) is 9.36 Å². The average molecular weight is 426 g/mol. The molecule has 7 nitrogen and oxygen atoms in total. The fourth-order valence-corrected chi connectivity index (χ4v) is 4.31. The van der Waals surface area contributed by atoms with Crippen molar-refractivity contribution in [3.05, 3.63) is 59.0 Å². The number of thiazole rings is 1. The number of benzene rings is 1. The molecule has 0 saturated carbocycles. The molecule has 29 heavy (non-hydrogen) atoms. The van der Waals surface area contributed by atoms with Crippen LogP contribution in [-0.2, 0) is 4.79 Å². The molecule has 3 heterocycles. The second-order valence-corrected chi connectivity index (χ2v) is 8.30. The zero-order chi connectivity index (χ0) is 20.4. The number of anilines is 1. The van der Waals surface area contributed by atoms with Gasteiger partial charge in [0.15, 0.2) is 16.1 Å². The Labute approximate surface area is 176 Å². The zero-order valence-electron chi connectivity index (χ0n) is 16.2. The highest BCUT2D eigenvalue weighted by atomic mass is 32.2. The van der Waals surface area contributed by atoms with Crippen LogP contribution in [0.1, 0.15) is 17.0 Å². The van der Waals surface area contributed by atoms with Crippen molar-refractivity contribution in [1.29, 1.82) is 0 Å². The van der Waals surface area contributed by atoms with E-state index in [1.807, 2.05) is 55.0 Å². The number of nitrogens with one attached hydrogen (secondary N) is 1. The predicted molar refractivity (Wildman–Crippen MR) is 115 cm³/mol. The molecular weight excluding hydrogens is 406 g/mol. The van der Waals surface area contributed by atoms with Crippen LogP contribution in [0, 0.1) is 20.8 Å². The number of aryl methyl sites for hydroxylation is 3. The lowest BCUT2D eigenvalue weighted by atomic mass is 10.2. The van der Waals surface area contributed by atoms with E-state index in [0.29, 0.717) is 16.1 Å². The first-order valence-electron chi connectivity index (χ1n) is 8.93. The summed E-state index contributed by atoms with van der Waals surface area (Å²) in [6.07, 6.45) is 1.64. The fraction of sp³-hybridized carbons (Fsp3) is 0.200. The van der Waals surface area contributed by atoms with Crippen molar-refractivity contribution in [2.45, 2.75) is 25.9 Å². The summed E-state index contributed by atoms with van der Waals surface area (Å²) < 4.78 is 7.41. The maximum atomic E-state index is 12.3. The van der Waals surface area contributed by atoms with E-state index in [9.17, 15) is 4.79 Å². The number of carbonyl (C=O) groups excluding carboxylic acids is 1. The van der Waals surface area contributed by atoms with E-state index in [-0.39, 0.29) is 11.7 Å². The molecule has 0 radical (unpaired) electrons. The van der Waals surface area contributed by atoms with Crippen molar-refractivity contribution < 1.29 is 9.21 Å². The highest BCUT2D eigenvalue weighted by Crippen LogP contribution is 2.30. The SMILES string of the molecule is Cc1cccc(-n2c(SCC(=O)Nc3nc(C)cs3)nnc2-c2ccoc2C)c1. The molecule has 1 aromatic carbocycles. The highest BCUT2D eigenvalue weighted by Gasteiger charge is 2.20. The minimum absolute atomic E-state index is 0.135. The van der Waals surface area contributed by atoms with Gasteiger partial charge in [-0.1, -0.05) is 23.9 Å². The molecule has 0 spiro atoms. The summed E-state index contributed by atoms with van der Waals surface area (Å²) >= 11 is 2.74. The van der Waals surface area contributed by atoms with Crippen LogP contribution in [0.4, 0.5) is 5.13 Å². The lowest BCUT2D eigenvalue weighted by Crippen LogP contribution is -2.14. The lowest BCUT2D eigenvalue weighted by molar-refractivity contribution is -0.113. The Hall–Kier alpha value is -2.91. The Morgan fingerprint density at radius 3 is 2.79 bits per heavy atom. The summed E-state index contributed by atoms with van der Waals surface area (Å²) in [7, 11) is 0. The number of thioether (sulfide) groups is 1. The Morgan fingerprint density at radius 2 is 2.10 bits per heavy atom. The van der Waals surface area contributed by atoms with Crippen LogP contribution in [0.3, 0.4) is 0 Å². The third kappa shape index (κ3) is 4.25. The maximum absolute atomic E-state index is 12.3. The molecule has 0 atom stereocenters. The molecular formula is C20H19N5O2S2. The molecule has 0 bridgehead atoms. The summed E-state index contributed by atoms with van der Waals surface area (Å²) in [6.45, 7) is 5.82. The molecule has 0 fully saturated rings. The van der Waals surface area contributed by atoms with Crippen LogP contribution in [0.2, 0.25) is 0 Å². The number of carbonyl (C=O) groups is 1. The first kappa shape index (κ1) is 19.4. The fourth-order valence-electron chi connectivity index (χ4n) is 2.85. The molecule has 0 aliphatic heterocycles. The van der Waals surface area contributed by atoms with E-state index in [1.165, 1.54) is 23.1 Å². The van der Waals surface area contributed by atoms with E-state index in [1.54, 1.807) is 6.26 Å². The summed E-state index contributed by atoms with van der Waals surface area (Å²) in [4.78, 5) is 16.6. The van der Waals surface area contributed by atoms with Gasteiger partial charge in [0.2, 0.25) is 5.91 Å². The van der Waals surface area contributed by atoms with Crippen molar-refractivity contribution in [3.63, 3.8) is 0 Å². The number of hydrogen-bond donors (Lipinski definition) is 1. The third-order valence-corrected chi connectivity index (χ3v) is 6.00. The zero-order valence-corrected chi connectivity index (χ0v) is 17.8. The maximum Gasteiger partial charge on any atom is 0.236 e. The summed E-state index contributed by atoms with van der Waals surface area (Å²) in [5.74, 6) is 1.51. The van der Waals surface area contributed by atoms with Gasteiger partial charge in [0.25, 0.3) is 0 Å². The van der Waals surface area contributed by atoms with Gasteiger partial charge >= 0.3 is 0 Å². The molecule has 4 rings (SSSR count). The molecule has 1 N–H and O–H groups in total. The van der Waals surface area contributed by atoms with E-state index < -0.39 is 0 Å². The summed E-state index contributed by atoms with van der Waals surface area (Å²) in [5, 5.41) is 14.7. The number of furan rings is 1. The van der Waals surface area contributed by atoms with Gasteiger partial charge in [0.05, 0.1) is 23.3 Å². The normalized spacial score (nSPS) is 11.0. The monoisotopic (exact) mass is 425 g/mol. The van der Waals surface area contributed by atoms with Crippen molar-refractivity contribution in [1.82, 2.24) is 19.7 Å². The van der Waals surface area contributed by atoms with Gasteiger partial charge in [-0.15, -0.1) is 21.5 Å². The van der Waals surface area contributed by atoms with Gasteiger partial charge in [0, 0.05) is 11.1 Å². The molecule has 9 heteroatoms. The van der Waals surface area contributed by atoms with E-state index in [4.69, 9.17) is 4.42 Å². The number of rotatable bonds is 6. The van der Waals surface area contributed by atoms with Gasteiger partial charge < -0.3 is 9.73 Å². The van der Waals surface area contributed by atoms with E-state index >= 15 is 0 Å². The topological polar surface area (TPSA) is 85.8 Å². The van der Waals surface area contributed by atoms with Crippen LogP contribution in [-0.4, -0.2) is 31.4 Å². The minimum atomic E-state index is -0.135. The minimum Gasteiger partial charge on any atom is -0.469 e. The summed E-state index contributed by atoms with van der Waals surface area (Å²) in [5.41, 5.74) is 3.81. The Balaban J connectivity index is 1.62. The van der Waals surface area contributed by atoms with Crippen LogP contribution >= 0.6 is 23.1 Å². The summed E-state index contributed by atoms with van der Waals surface area (Å²) in [6, 6.07) is 9.95. The van der Waals surface area contributed by atoms with Crippen molar-refractivity contribution >= 4 is 34.1 Å². The Kier molecular flexibility index (Phi) is 5.50. The molecule has 0 saturated heterocycles. The molecule has 148 valence electrons. The van der Waals surface area contributed by atoms with Gasteiger partial charge in [-0.2, -0.15) is 0 Å². The van der Waals surface area contributed by atoms with Crippen LogP contribution in [0.15, 0.2) is 51.5 Å². The molecule has 0 aliphatic carbocycles. The predicted octanol–water partition coefficient (Wildman–Crippen LogP) is 4.64. The standard InChI is InChI=1S/C20H19N5O2S2/c1-12-5-4-6-15(9-12)25-18(16-7-8-27-14(16)3)23-24-20(25)29-11-17(26)22-19-21-13(2)10-28-19/h4-10H,11H2,1-3H3,(H,21,22,26). The van der Waals surface area contributed by atoms with Crippen molar-refractivity contribution in [2.75, 3.05) is 11.1 Å². The smallest absolute Gasteiger partial charge is 0.236 e. The first-order chi connectivity index (χ1) is 14.0. The van der Waals surface area contributed by atoms with E-state index in [0.717, 1.165) is 28.3 Å². The average Bonchev–Trinajstić information content (AvgIpc) is 3.40. The highest BCUT2D eigenvalue weighted by molar-refractivity contribution is 7.99. The van der Waals surface area contributed by atoms with Crippen LogP contribution in [0.25, 0.3) is 17.1 Å². The van der Waals surface area contributed by atoms with Crippen LogP contribution in [0.5, 0.6) is 0 Å². The number of nitrogens with zero attached hydrogens (tertiary/aromatic N) is 4. The largest absolute Gasteiger partial charge is 0.469 e. The molecule has 0 aliphatic rings. The number of amides is 1. The Bertz CT molecular complexity index is 1160. The van der Waals surface area contributed by atoms with Crippen molar-refractivity contribution in [2.24, 2.45) is 0 Å². The third-order valence-electron chi connectivity index (χ3n) is 4.19. The second-order valence-electron chi connectivity index (χ2n) is 6.50. The Morgan fingerprint density at radius 1 is 1.24 bits per heavy atom. The lowest BCUT2D eigenvalue weighted by Gasteiger charge is -2.10. The number of aromatic nitrogens is 4. The molecule has 1 amide bonds. The van der Waals surface area contributed by atoms with Gasteiger partial charge in [-0.25, -0.2) is 4.98 Å². The van der Waals surface area contributed by atoms with Crippen molar-refractivity contribution in [3.8, 4) is 17.1 Å².